The van der Waals surface area contributed by atoms with E-state index >= 15 is 4.39 Å². The van der Waals surface area contributed by atoms with Crippen molar-refractivity contribution >= 4 is 0 Å². The molecule has 0 amide bonds. The molecule has 2 rings (SSSR count). The minimum atomic E-state index is -1.83. The summed E-state index contributed by atoms with van der Waals surface area (Å²) < 4.78 is 20.7. The maximum absolute atomic E-state index is 15.2. The predicted molar refractivity (Wildman–Crippen MR) is 82.7 cm³/mol. The highest BCUT2D eigenvalue weighted by molar-refractivity contribution is 5.15. The summed E-state index contributed by atoms with van der Waals surface area (Å²) in [7, 11) is 0. The third-order valence-electron chi connectivity index (χ3n) is 4.37. The number of alkyl halides is 1. The Morgan fingerprint density at radius 3 is 2.50 bits per heavy atom. The first-order chi connectivity index (χ1) is 10.3. The van der Waals surface area contributed by atoms with Gasteiger partial charge in [-0.3, -0.25) is 4.84 Å². The second kappa shape index (κ2) is 6.62. The van der Waals surface area contributed by atoms with E-state index in [0.29, 0.717) is 19.6 Å². The van der Waals surface area contributed by atoms with Crippen LogP contribution < -0.4 is 0 Å². The van der Waals surface area contributed by atoms with Gasteiger partial charge in [0, 0.05) is 19.6 Å². The van der Waals surface area contributed by atoms with Crippen molar-refractivity contribution in [2.75, 3.05) is 6.61 Å². The summed E-state index contributed by atoms with van der Waals surface area (Å²) in [5.74, 6) is 0. The standard InChI is InChI=1S/C17H26FNO3/c1-5-21-15-11-14(17(4,18)16(2,3)20)19(22-15)12-13-9-7-6-8-10-13/h6-10,14-15,20H,5,11-12H2,1-4H3. The van der Waals surface area contributed by atoms with Gasteiger partial charge in [-0.05, 0) is 33.3 Å². The summed E-state index contributed by atoms with van der Waals surface area (Å²) in [5.41, 5.74) is -2.28. The highest BCUT2D eigenvalue weighted by Crippen LogP contribution is 2.39. The van der Waals surface area contributed by atoms with Crippen molar-refractivity contribution in [2.24, 2.45) is 0 Å². The van der Waals surface area contributed by atoms with Crippen LogP contribution in [-0.4, -0.2) is 40.4 Å². The van der Waals surface area contributed by atoms with Crippen molar-refractivity contribution in [3.63, 3.8) is 0 Å². The van der Waals surface area contributed by atoms with Crippen molar-refractivity contribution < 1.29 is 19.1 Å². The number of hydrogen-bond acceptors (Lipinski definition) is 4. The van der Waals surface area contributed by atoms with Crippen molar-refractivity contribution in [3.05, 3.63) is 35.9 Å². The highest BCUT2D eigenvalue weighted by Gasteiger charge is 2.53. The summed E-state index contributed by atoms with van der Waals surface area (Å²) in [5, 5.41) is 11.8. The first-order valence-corrected chi connectivity index (χ1v) is 7.76. The van der Waals surface area contributed by atoms with E-state index in [1.807, 2.05) is 37.3 Å². The molecule has 1 heterocycles. The highest BCUT2D eigenvalue weighted by atomic mass is 19.1. The Labute approximate surface area is 131 Å². The fourth-order valence-corrected chi connectivity index (χ4v) is 2.66. The lowest BCUT2D eigenvalue weighted by molar-refractivity contribution is -0.257. The Morgan fingerprint density at radius 2 is 1.95 bits per heavy atom. The molecule has 1 aliphatic rings. The van der Waals surface area contributed by atoms with Gasteiger partial charge in [0.05, 0.1) is 11.6 Å². The summed E-state index contributed by atoms with van der Waals surface area (Å²) in [4.78, 5) is 5.76. The summed E-state index contributed by atoms with van der Waals surface area (Å²) in [6.45, 7) is 7.23. The lowest BCUT2D eigenvalue weighted by Crippen LogP contribution is -2.56. The molecule has 1 aliphatic heterocycles. The van der Waals surface area contributed by atoms with Gasteiger partial charge in [0.2, 0.25) is 0 Å². The molecular formula is C17H26FNO3. The zero-order valence-electron chi connectivity index (χ0n) is 13.8. The Balaban J connectivity index is 2.20. The molecule has 1 fully saturated rings. The van der Waals surface area contributed by atoms with E-state index in [1.54, 1.807) is 5.06 Å². The Hall–Kier alpha value is -1.01. The molecule has 0 spiro atoms. The maximum Gasteiger partial charge on any atom is 0.179 e. The monoisotopic (exact) mass is 311 g/mol. The summed E-state index contributed by atoms with van der Waals surface area (Å²) in [6.07, 6.45) is -0.0892. The van der Waals surface area contributed by atoms with E-state index < -0.39 is 23.6 Å². The number of hydroxylamine groups is 2. The van der Waals surface area contributed by atoms with Gasteiger partial charge >= 0.3 is 0 Å². The second-order valence-corrected chi connectivity index (χ2v) is 6.44. The molecule has 0 aromatic heterocycles. The molecule has 0 bridgehead atoms. The van der Waals surface area contributed by atoms with Gasteiger partial charge in [0.1, 0.15) is 0 Å². The molecule has 3 unspecified atom stereocenters. The number of rotatable bonds is 6. The van der Waals surface area contributed by atoms with Gasteiger partial charge in [0.25, 0.3) is 0 Å². The Bertz CT molecular complexity index is 473. The van der Waals surface area contributed by atoms with Crippen LogP contribution in [0.4, 0.5) is 4.39 Å². The topological polar surface area (TPSA) is 41.9 Å². The van der Waals surface area contributed by atoms with Crippen LogP contribution in [-0.2, 0) is 16.1 Å². The predicted octanol–water partition coefficient (Wildman–Crippen LogP) is 3.05. The lowest BCUT2D eigenvalue weighted by atomic mass is 9.81. The van der Waals surface area contributed by atoms with Crippen LogP contribution in [0.15, 0.2) is 30.3 Å². The van der Waals surface area contributed by atoms with E-state index in [2.05, 4.69) is 0 Å². The zero-order valence-corrected chi connectivity index (χ0v) is 13.8. The molecular weight excluding hydrogens is 285 g/mol. The zero-order chi connectivity index (χ0) is 16.4. The molecule has 0 saturated carbocycles. The van der Waals surface area contributed by atoms with Crippen LogP contribution in [0.5, 0.6) is 0 Å². The van der Waals surface area contributed by atoms with E-state index in [9.17, 15) is 5.11 Å². The molecule has 3 atom stereocenters. The van der Waals surface area contributed by atoms with Crippen molar-refractivity contribution in [1.29, 1.82) is 0 Å². The van der Waals surface area contributed by atoms with Crippen LogP contribution in [0, 0.1) is 0 Å². The quantitative estimate of drug-likeness (QED) is 0.877. The first kappa shape index (κ1) is 17.3. The fraction of sp³-hybridized carbons (Fsp3) is 0.647. The number of aliphatic hydroxyl groups is 1. The van der Waals surface area contributed by atoms with Gasteiger partial charge in [0.15, 0.2) is 12.0 Å². The van der Waals surface area contributed by atoms with Gasteiger partial charge < -0.3 is 9.84 Å². The molecule has 1 N–H and O–H groups in total. The van der Waals surface area contributed by atoms with Gasteiger partial charge in [-0.25, -0.2) is 4.39 Å². The average molecular weight is 311 g/mol. The van der Waals surface area contributed by atoms with Crippen molar-refractivity contribution in [2.45, 2.75) is 64.3 Å². The molecule has 1 saturated heterocycles. The first-order valence-electron chi connectivity index (χ1n) is 7.76. The SMILES string of the molecule is CCOC1CC(C(C)(F)C(C)(C)O)N(Cc2ccccc2)O1. The molecule has 0 radical (unpaired) electrons. The van der Waals surface area contributed by atoms with Gasteiger partial charge in [-0.15, -0.1) is 0 Å². The van der Waals surface area contributed by atoms with Gasteiger partial charge in [-0.2, -0.15) is 5.06 Å². The van der Waals surface area contributed by atoms with E-state index in [-0.39, 0.29) is 0 Å². The van der Waals surface area contributed by atoms with E-state index in [0.717, 1.165) is 5.56 Å². The van der Waals surface area contributed by atoms with Gasteiger partial charge in [-0.1, -0.05) is 30.3 Å². The minimum Gasteiger partial charge on any atom is -0.387 e. The smallest absolute Gasteiger partial charge is 0.179 e. The third kappa shape index (κ3) is 3.66. The van der Waals surface area contributed by atoms with Crippen LogP contribution in [0.2, 0.25) is 0 Å². The normalized spacial score (nSPS) is 26.1. The van der Waals surface area contributed by atoms with E-state index in [1.165, 1.54) is 20.8 Å². The van der Waals surface area contributed by atoms with E-state index in [4.69, 9.17) is 9.57 Å². The molecule has 1 aromatic carbocycles. The number of benzene rings is 1. The molecule has 22 heavy (non-hydrogen) atoms. The number of nitrogens with zero attached hydrogens (tertiary/aromatic N) is 1. The van der Waals surface area contributed by atoms with Crippen LogP contribution in [0.1, 0.15) is 39.7 Å². The second-order valence-electron chi connectivity index (χ2n) is 6.44. The van der Waals surface area contributed by atoms with Crippen molar-refractivity contribution in [3.8, 4) is 0 Å². The third-order valence-corrected chi connectivity index (χ3v) is 4.37. The average Bonchev–Trinajstić information content (AvgIpc) is 2.82. The number of ether oxygens (including phenoxy) is 1. The summed E-state index contributed by atoms with van der Waals surface area (Å²) in [6, 6.07) is 9.16. The molecule has 4 nitrogen and oxygen atoms in total. The molecule has 1 aromatic rings. The fourth-order valence-electron chi connectivity index (χ4n) is 2.66. The summed E-state index contributed by atoms with van der Waals surface area (Å²) >= 11 is 0. The largest absolute Gasteiger partial charge is 0.387 e. The van der Waals surface area contributed by atoms with Crippen LogP contribution >= 0.6 is 0 Å². The Kier molecular flexibility index (Phi) is 5.22. The lowest BCUT2D eigenvalue weighted by Gasteiger charge is -2.40. The Morgan fingerprint density at radius 1 is 1.32 bits per heavy atom. The maximum atomic E-state index is 15.2. The molecule has 5 heteroatoms. The minimum absolute atomic E-state index is 0.387. The van der Waals surface area contributed by atoms with Crippen LogP contribution in [0.25, 0.3) is 0 Å². The van der Waals surface area contributed by atoms with Crippen LogP contribution in [0.3, 0.4) is 0 Å². The number of halogens is 1. The number of hydrogen-bond donors (Lipinski definition) is 1. The molecule has 124 valence electrons. The van der Waals surface area contributed by atoms with Crippen molar-refractivity contribution in [1.82, 2.24) is 5.06 Å². The molecule has 0 aliphatic carbocycles.